The summed E-state index contributed by atoms with van der Waals surface area (Å²) < 4.78 is 0. The lowest BCUT2D eigenvalue weighted by atomic mass is 9.91. The van der Waals surface area contributed by atoms with E-state index in [1.165, 1.54) is 4.90 Å². The molecule has 2 aliphatic rings. The summed E-state index contributed by atoms with van der Waals surface area (Å²) in [6, 6.07) is 19.4. The van der Waals surface area contributed by atoms with Crippen LogP contribution in [0.3, 0.4) is 0 Å². The molecule has 2 aliphatic heterocycles. The molecule has 2 fully saturated rings. The molecule has 4 nitrogen and oxygen atoms in total. The molecule has 0 N–H and O–H groups in total. The van der Waals surface area contributed by atoms with Crippen LogP contribution in [0.15, 0.2) is 60.7 Å². The minimum absolute atomic E-state index is 0.0159. The smallest absolute Gasteiger partial charge is 0.251 e. The van der Waals surface area contributed by atoms with Crippen LogP contribution in [0.1, 0.15) is 36.4 Å². The predicted molar refractivity (Wildman–Crippen MR) is 100 cm³/mol. The first-order valence-corrected chi connectivity index (χ1v) is 9.45. The SMILES string of the molecule is O=C1[C@H]2CCCCN2[C@H](c2ccccc2)C(=O)N1CCc1ccccc1. The molecule has 2 amide bonds. The van der Waals surface area contributed by atoms with Crippen molar-refractivity contribution in [3.05, 3.63) is 71.8 Å². The number of piperidine rings is 1. The fourth-order valence-corrected chi connectivity index (χ4v) is 4.18. The van der Waals surface area contributed by atoms with Crippen LogP contribution < -0.4 is 0 Å². The molecule has 26 heavy (non-hydrogen) atoms. The Morgan fingerprint density at radius 2 is 1.54 bits per heavy atom. The van der Waals surface area contributed by atoms with E-state index < -0.39 is 0 Å². The summed E-state index contributed by atoms with van der Waals surface area (Å²) in [5.74, 6) is -0.0897. The summed E-state index contributed by atoms with van der Waals surface area (Å²) in [5, 5.41) is 0. The second kappa shape index (κ2) is 7.42. The van der Waals surface area contributed by atoms with Crippen molar-refractivity contribution in [1.29, 1.82) is 0 Å². The number of nitrogens with zero attached hydrogens (tertiary/aromatic N) is 2. The molecular formula is C22H24N2O2. The number of fused-ring (bicyclic) bond motifs is 1. The van der Waals surface area contributed by atoms with Crippen LogP contribution in [-0.4, -0.2) is 40.7 Å². The molecule has 0 aliphatic carbocycles. The van der Waals surface area contributed by atoms with Crippen LogP contribution in [0, 0.1) is 0 Å². The van der Waals surface area contributed by atoms with E-state index in [1.807, 2.05) is 60.7 Å². The molecule has 134 valence electrons. The molecule has 2 atom stereocenters. The van der Waals surface area contributed by atoms with E-state index in [9.17, 15) is 9.59 Å². The lowest BCUT2D eigenvalue weighted by molar-refractivity contribution is -0.163. The average Bonchev–Trinajstić information content (AvgIpc) is 2.70. The highest BCUT2D eigenvalue weighted by Gasteiger charge is 2.47. The Bertz CT molecular complexity index is 775. The number of rotatable bonds is 4. The van der Waals surface area contributed by atoms with Gasteiger partial charge in [0.1, 0.15) is 6.04 Å². The topological polar surface area (TPSA) is 40.6 Å². The Balaban J connectivity index is 1.61. The molecule has 2 heterocycles. The normalized spacial score (nSPS) is 23.8. The summed E-state index contributed by atoms with van der Waals surface area (Å²) in [5.41, 5.74) is 2.14. The van der Waals surface area contributed by atoms with Gasteiger partial charge in [-0.2, -0.15) is 0 Å². The third-order valence-corrected chi connectivity index (χ3v) is 5.51. The maximum absolute atomic E-state index is 13.3. The van der Waals surface area contributed by atoms with Gasteiger partial charge in [0.2, 0.25) is 5.91 Å². The Kier molecular flexibility index (Phi) is 4.85. The molecule has 4 heteroatoms. The Morgan fingerprint density at radius 3 is 2.27 bits per heavy atom. The highest BCUT2D eigenvalue weighted by Crippen LogP contribution is 2.35. The van der Waals surface area contributed by atoms with Gasteiger partial charge in [-0.05, 0) is 30.4 Å². The maximum atomic E-state index is 13.3. The number of hydrogen-bond donors (Lipinski definition) is 0. The minimum atomic E-state index is -0.338. The van der Waals surface area contributed by atoms with Gasteiger partial charge in [-0.25, -0.2) is 0 Å². The fourth-order valence-electron chi connectivity index (χ4n) is 4.18. The van der Waals surface area contributed by atoms with E-state index in [1.54, 1.807) is 0 Å². The largest absolute Gasteiger partial charge is 0.279 e. The molecule has 0 bridgehead atoms. The number of piperazine rings is 1. The van der Waals surface area contributed by atoms with Crippen molar-refractivity contribution in [2.24, 2.45) is 0 Å². The third-order valence-electron chi connectivity index (χ3n) is 5.51. The Labute approximate surface area is 154 Å². The fraction of sp³-hybridized carbons (Fsp3) is 0.364. The molecule has 0 aromatic heterocycles. The Morgan fingerprint density at radius 1 is 0.846 bits per heavy atom. The van der Waals surface area contributed by atoms with Gasteiger partial charge in [0, 0.05) is 13.1 Å². The first kappa shape index (κ1) is 17.0. The van der Waals surface area contributed by atoms with Crippen molar-refractivity contribution in [3.63, 3.8) is 0 Å². The number of carbonyl (C=O) groups is 2. The van der Waals surface area contributed by atoms with Gasteiger partial charge in [0.05, 0.1) is 6.04 Å². The van der Waals surface area contributed by atoms with Gasteiger partial charge < -0.3 is 0 Å². The van der Waals surface area contributed by atoms with Crippen molar-refractivity contribution in [2.45, 2.75) is 37.8 Å². The van der Waals surface area contributed by atoms with Gasteiger partial charge in [-0.15, -0.1) is 0 Å². The van der Waals surface area contributed by atoms with Crippen LogP contribution in [0.2, 0.25) is 0 Å². The van der Waals surface area contributed by atoms with E-state index in [0.717, 1.165) is 36.9 Å². The molecular weight excluding hydrogens is 324 g/mol. The summed E-state index contributed by atoms with van der Waals surface area (Å²) in [7, 11) is 0. The maximum Gasteiger partial charge on any atom is 0.251 e. The molecule has 2 aromatic rings. The molecule has 0 saturated carbocycles. The van der Waals surface area contributed by atoms with Crippen LogP contribution in [-0.2, 0) is 16.0 Å². The van der Waals surface area contributed by atoms with Gasteiger partial charge in [0.15, 0.2) is 0 Å². The Hall–Kier alpha value is -2.46. The lowest BCUT2D eigenvalue weighted by Gasteiger charge is -2.47. The molecule has 4 rings (SSSR count). The van der Waals surface area contributed by atoms with Crippen molar-refractivity contribution in [1.82, 2.24) is 9.80 Å². The van der Waals surface area contributed by atoms with Gasteiger partial charge >= 0.3 is 0 Å². The summed E-state index contributed by atoms with van der Waals surface area (Å²) >= 11 is 0. The molecule has 0 spiro atoms. The van der Waals surface area contributed by atoms with Crippen molar-refractivity contribution in [2.75, 3.05) is 13.1 Å². The quantitative estimate of drug-likeness (QED) is 0.797. The summed E-state index contributed by atoms with van der Waals surface area (Å²) in [4.78, 5) is 29.9. The van der Waals surface area contributed by atoms with E-state index in [2.05, 4.69) is 4.90 Å². The zero-order valence-electron chi connectivity index (χ0n) is 14.9. The van der Waals surface area contributed by atoms with Gasteiger partial charge in [0.25, 0.3) is 5.91 Å². The number of imide groups is 1. The van der Waals surface area contributed by atoms with Gasteiger partial charge in [-0.1, -0.05) is 67.1 Å². The number of benzene rings is 2. The number of carbonyl (C=O) groups excluding carboxylic acids is 2. The van der Waals surface area contributed by atoms with Crippen molar-refractivity contribution >= 4 is 11.8 Å². The van der Waals surface area contributed by atoms with Gasteiger partial charge in [-0.3, -0.25) is 19.4 Å². The minimum Gasteiger partial charge on any atom is -0.279 e. The zero-order valence-corrected chi connectivity index (χ0v) is 14.9. The molecule has 2 saturated heterocycles. The number of hydrogen-bond acceptors (Lipinski definition) is 3. The third kappa shape index (κ3) is 3.17. The molecule has 0 unspecified atom stereocenters. The van der Waals surface area contributed by atoms with E-state index in [0.29, 0.717) is 13.0 Å². The standard InChI is InChI=1S/C22H24N2O2/c25-21-19-13-7-8-15-23(19)20(18-11-5-2-6-12-18)22(26)24(21)16-14-17-9-3-1-4-10-17/h1-6,9-12,19-20H,7-8,13-16H2/t19-,20-/m1/s1. The monoisotopic (exact) mass is 348 g/mol. The van der Waals surface area contributed by atoms with Crippen LogP contribution >= 0.6 is 0 Å². The van der Waals surface area contributed by atoms with Crippen LogP contribution in [0.4, 0.5) is 0 Å². The van der Waals surface area contributed by atoms with Crippen molar-refractivity contribution < 1.29 is 9.59 Å². The molecule has 2 aromatic carbocycles. The second-order valence-electron chi connectivity index (χ2n) is 7.13. The first-order chi connectivity index (χ1) is 12.8. The molecule has 0 radical (unpaired) electrons. The van der Waals surface area contributed by atoms with Crippen LogP contribution in [0.5, 0.6) is 0 Å². The average molecular weight is 348 g/mol. The number of amides is 2. The van der Waals surface area contributed by atoms with Crippen LogP contribution in [0.25, 0.3) is 0 Å². The highest BCUT2D eigenvalue weighted by molar-refractivity contribution is 6.03. The van der Waals surface area contributed by atoms with E-state index in [-0.39, 0.29) is 23.9 Å². The second-order valence-corrected chi connectivity index (χ2v) is 7.13. The van der Waals surface area contributed by atoms with E-state index in [4.69, 9.17) is 0 Å². The van der Waals surface area contributed by atoms with Crippen molar-refractivity contribution in [3.8, 4) is 0 Å². The summed E-state index contributed by atoms with van der Waals surface area (Å²) in [6.45, 7) is 1.27. The highest BCUT2D eigenvalue weighted by atomic mass is 16.2. The summed E-state index contributed by atoms with van der Waals surface area (Å²) in [6.07, 6.45) is 3.64. The predicted octanol–water partition coefficient (Wildman–Crippen LogP) is 3.19. The lowest BCUT2D eigenvalue weighted by Crippen LogP contribution is -2.62. The van der Waals surface area contributed by atoms with E-state index >= 15 is 0 Å². The first-order valence-electron chi connectivity index (χ1n) is 9.45. The zero-order chi connectivity index (χ0) is 17.9.